The average molecular weight is 612 g/mol. The van der Waals surface area contributed by atoms with Gasteiger partial charge in [0, 0.05) is 5.69 Å². The lowest BCUT2D eigenvalue weighted by Crippen LogP contribution is -2.75. The van der Waals surface area contributed by atoms with Gasteiger partial charge in [0.15, 0.2) is 0 Å². The van der Waals surface area contributed by atoms with Crippen LogP contribution < -0.4 is 5.32 Å². The number of halogens is 17. The fraction of sp³-hybridized carbons (Fsp3) is 0.632. The molecule has 220 valence electrons. The van der Waals surface area contributed by atoms with Crippen molar-refractivity contribution in [2.75, 3.05) is 5.32 Å². The lowest BCUT2D eigenvalue weighted by molar-refractivity contribution is -0.445. The molecule has 2 nitrogen and oxygen atoms in total. The third-order valence-corrected chi connectivity index (χ3v) is 5.41. The first kappa shape index (κ1) is 33.9. The molecule has 1 aromatic carbocycles. The zero-order chi connectivity index (χ0) is 30.7. The second kappa shape index (κ2) is 9.50. The van der Waals surface area contributed by atoms with Gasteiger partial charge in [-0.1, -0.05) is 32.0 Å². The molecule has 0 radical (unpaired) electrons. The Labute approximate surface area is 207 Å². The van der Waals surface area contributed by atoms with Crippen LogP contribution in [0.4, 0.5) is 75.9 Å². The van der Waals surface area contributed by atoms with Crippen LogP contribution in [0.3, 0.4) is 0 Å². The molecule has 0 aliphatic rings. The number of anilines is 1. The highest BCUT2D eigenvalue weighted by atomic mass is 35.5. The standard InChI is InChI=1S/C19H14ClF16NO/c1-7(2)9-6-4-5-8(3)10(9)37-11(38)12(21,22)13(23,24)14(25,26)15(27,28)16(29,30)17(31,32)18(33,34)19(20,35)36/h4-7H,1-3H3,(H,37,38). The van der Waals surface area contributed by atoms with E-state index >= 15 is 0 Å². The first-order valence-corrected chi connectivity index (χ1v) is 9.98. The molecule has 0 aromatic heterocycles. The molecule has 19 heteroatoms. The second-order valence-corrected chi connectivity index (χ2v) is 8.64. The fourth-order valence-electron chi connectivity index (χ4n) is 2.84. The van der Waals surface area contributed by atoms with E-state index < -0.39 is 64.4 Å². The molecule has 0 atom stereocenters. The van der Waals surface area contributed by atoms with Crippen LogP contribution in [0, 0.1) is 6.92 Å². The van der Waals surface area contributed by atoms with Crippen molar-refractivity contribution >= 4 is 23.2 Å². The van der Waals surface area contributed by atoms with Crippen LogP contribution in [0.15, 0.2) is 18.2 Å². The van der Waals surface area contributed by atoms with Gasteiger partial charge >= 0.3 is 52.7 Å². The van der Waals surface area contributed by atoms with Crippen LogP contribution in [-0.4, -0.2) is 52.7 Å². The first-order valence-electron chi connectivity index (χ1n) is 9.60. The predicted octanol–water partition coefficient (Wildman–Crippen LogP) is 8.34. The summed E-state index contributed by atoms with van der Waals surface area (Å²) in [5.74, 6) is -61.2. The topological polar surface area (TPSA) is 29.1 Å². The highest BCUT2D eigenvalue weighted by molar-refractivity contribution is 6.22. The number of carbonyl (C=O) groups is 1. The Morgan fingerprint density at radius 3 is 1.42 bits per heavy atom. The molecule has 0 saturated heterocycles. The first-order chi connectivity index (χ1) is 16.5. The van der Waals surface area contributed by atoms with Gasteiger partial charge in [0.25, 0.3) is 0 Å². The summed E-state index contributed by atoms with van der Waals surface area (Å²) in [7, 11) is 0. The van der Waals surface area contributed by atoms with E-state index in [1.807, 2.05) is 0 Å². The van der Waals surface area contributed by atoms with E-state index in [0.29, 0.717) is 0 Å². The van der Waals surface area contributed by atoms with Gasteiger partial charge in [-0.25, -0.2) is 0 Å². The number of carbonyl (C=O) groups excluding carboxylic acids is 1. The number of nitrogens with one attached hydrogen (secondary N) is 1. The van der Waals surface area contributed by atoms with E-state index in [1.165, 1.54) is 19.9 Å². The molecule has 0 aliphatic carbocycles. The van der Waals surface area contributed by atoms with Crippen LogP contribution in [-0.2, 0) is 4.79 Å². The van der Waals surface area contributed by atoms with Crippen molar-refractivity contribution in [1.82, 2.24) is 0 Å². The summed E-state index contributed by atoms with van der Waals surface area (Å²) in [5.41, 5.74) is -1.03. The number of hydrogen-bond donors (Lipinski definition) is 1. The Bertz CT molecular complexity index is 1050. The summed E-state index contributed by atoms with van der Waals surface area (Å²) in [6.07, 6.45) is 0. The molecule has 38 heavy (non-hydrogen) atoms. The fourth-order valence-corrected chi connectivity index (χ4v) is 2.96. The monoisotopic (exact) mass is 611 g/mol. The Hall–Kier alpha value is -2.14. The second-order valence-electron chi connectivity index (χ2n) is 8.17. The van der Waals surface area contributed by atoms with Crippen LogP contribution in [0.1, 0.15) is 30.9 Å². The summed E-state index contributed by atoms with van der Waals surface area (Å²) in [6.45, 7) is 3.78. The highest BCUT2D eigenvalue weighted by Crippen LogP contribution is 2.64. The van der Waals surface area contributed by atoms with Crippen molar-refractivity contribution in [3.05, 3.63) is 29.3 Å². The Balaban J connectivity index is 3.66. The molecule has 0 fully saturated rings. The van der Waals surface area contributed by atoms with Crippen LogP contribution >= 0.6 is 11.6 Å². The van der Waals surface area contributed by atoms with Crippen molar-refractivity contribution in [1.29, 1.82) is 0 Å². The normalized spacial score (nSPS) is 15.2. The molecule has 0 saturated carbocycles. The molecule has 0 aliphatic heterocycles. The number of hydrogen-bond acceptors (Lipinski definition) is 1. The van der Waals surface area contributed by atoms with E-state index in [-0.39, 0.29) is 11.1 Å². The molecule has 0 unspecified atom stereocenters. The number of alkyl halides is 17. The van der Waals surface area contributed by atoms with Gasteiger partial charge in [0.05, 0.1) is 0 Å². The molecule has 1 N–H and O–H groups in total. The van der Waals surface area contributed by atoms with Gasteiger partial charge in [0.2, 0.25) is 0 Å². The largest absolute Gasteiger partial charge is 0.393 e. The molecular weight excluding hydrogens is 598 g/mol. The van der Waals surface area contributed by atoms with Gasteiger partial charge in [-0.2, -0.15) is 70.2 Å². The Morgan fingerprint density at radius 2 is 1.05 bits per heavy atom. The van der Waals surface area contributed by atoms with Gasteiger partial charge in [0.1, 0.15) is 0 Å². The van der Waals surface area contributed by atoms with Crippen molar-refractivity contribution in [2.24, 2.45) is 0 Å². The van der Waals surface area contributed by atoms with Gasteiger partial charge in [-0.15, -0.1) is 0 Å². The molecule has 1 amide bonds. The van der Waals surface area contributed by atoms with E-state index in [4.69, 9.17) is 0 Å². The summed E-state index contributed by atoms with van der Waals surface area (Å²) in [5, 5.41) is -5.84. The summed E-state index contributed by atoms with van der Waals surface area (Å²) >= 11 is 3.46. The van der Waals surface area contributed by atoms with Crippen LogP contribution in [0.25, 0.3) is 0 Å². The third-order valence-electron chi connectivity index (χ3n) is 5.17. The van der Waals surface area contributed by atoms with Crippen molar-refractivity contribution in [2.45, 2.75) is 73.5 Å². The summed E-state index contributed by atoms with van der Waals surface area (Å²) in [4.78, 5) is 11.8. The van der Waals surface area contributed by atoms with Crippen molar-refractivity contribution in [3.8, 4) is 0 Å². The Morgan fingerprint density at radius 1 is 0.684 bits per heavy atom. The summed E-state index contributed by atoms with van der Waals surface area (Å²) < 4.78 is 217. The van der Waals surface area contributed by atoms with E-state index in [9.17, 15) is 75.0 Å². The zero-order valence-corrected chi connectivity index (χ0v) is 19.4. The average Bonchev–Trinajstić information content (AvgIpc) is 2.72. The maximum absolute atomic E-state index is 14.2. The third kappa shape index (κ3) is 4.63. The molecule has 1 aromatic rings. The van der Waals surface area contributed by atoms with E-state index in [1.54, 1.807) is 0 Å². The minimum atomic E-state index is -8.63. The lowest BCUT2D eigenvalue weighted by atomic mass is 9.89. The number of aryl methyl sites for hydroxylation is 1. The minimum Gasteiger partial charge on any atom is -0.320 e. The molecule has 1 rings (SSSR count). The van der Waals surface area contributed by atoms with Gasteiger partial charge < -0.3 is 5.32 Å². The SMILES string of the molecule is Cc1cccc(C(C)C)c1NC(=O)C(F)(F)C(F)(F)C(F)(F)C(F)(F)C(F)(F)C(F)(F)C(F)(F)C(F)(F)Cl. The minimum absolute atomic E-state index is 0.107. The smallest absolute Gasteiger partial charge is 0.320 e. The van der Waals surface area contributed by atoms with Crippen molar-refractivity contribution < 1.29 is 75.0 Å². The molecule has 0 heterocycles. The maximum Gasteiger partial charge on any atom is 0.393 e. The molecular formula is C19H14ClF16NO. The van der Waals surface area contributed by atoms with Gasteiger partial charge in [-0.05, 0) is 35.6 Å². The van der Waals surface area contributed by atoms with Crippen molar-refractivity contribution in [3.63, 3.8) is 0 Å². The molecule has 0 bridgehead atoms. The number of para-hydroxylation sites is 1. The number of benzene rings is 1. The predicted molar refractivity (Wildman–Crippen MR) is 99.3 cm³/mol. The van der Waals surface area contributed by atoms with E-state index in [2.05, 4.69) is 11.6 Å². The van der Waals surface area contributed by atoms with E-state index in [0.717, 1.165) is 24.4 Å². The Kier molecular flexibility index (Phi) is 8.47. The number of amides is 1. The lowest BCUT2D eigenvalue weighted by Gasteiger charge is -2.42. The highest BCUT2D eigenvalue weighted by Gasteiger charge is 2.95. The van der Waals surface area contributed by atoms with Crippen LogP contribution in [0.5, 0.6) is 0 Å². The number of rotatable bonds is 10. The quantitative estimate of drug-likeness (QED) is 0.209. The van der Waals surface area contributed by atoms with Gasteiger partial charge in [-0.3, -0.25) is 4.79 Å². The molecule has 0 spiro atoms. The summed E-state index contributed by atoms with van der Waals surface area (Å²) in [6, 6.07) is 3.43. The maximum atomic E-state index is 14.2. The van der Waals surface area contributed by atoms with Crippen LogP contribution in [0.2, 0.25) is 0 Å². The zero-order valence-electron chi connectivity index (χ0n) is 18.6.